The van der Waals surface area contributed by atoms with Crippen LogP contribution in [0.1, 0.15) is 30.9 Å². The van der Waals surface area contributed by atoms with Crippen molar-refractivity contribution in [3.63, 3.8) is 0 Å². The summed E-state index contributed by atoms with van der Waals surface area (Å²) < 4.78 is 8.86. The summed E-state index contributed by atoms with van der Waals surface area (Å²) >= 11 is 2.26. The van der Waals surface area contributed by atoms with Crippen molar-refractivity contribution in [1.82, 2.24) is 15.1 Å². The molecule has 1 N–H and O–H groups in total. The minimum Gasteiger partial charge on any atom is -0.465 e. The fourth-order valence-corrected chi connectivity index (χ4v) is 2.36. The third kappa shape index (κ3) is 4.35. The highest BCUT2D eigenvalue weighted by Crippen LogP contribution is 2.16. The molecule has 0 atom stereocenters. The van der Waals surface area contributed by atoms with Crippen LogP contribution in [0.15, 0.2) is 22.9 Å². The molecule has 19 heavy (non-hydrogen) atoms. The molecule has 2 aromatic heterocycles. The Kier molecular flexibility index (Phi) is 5.04. The van der Waals surface area contributed by atoms with Gasteiger partial charge in [-0.15, -0.1) is 0 Å². The van der Waals surface area contributed by atoms with Crippen LogP contribution in [0.3, 0.4) is 0 Å². The summed E-state index contributed by atoms with van der Waals surface area (Å²) in [6, 6.07) is 2.12. The van der Waals surface area contributed by atoms with Crippen molar-refractivity contribution >= 4 is 22.6 Å². The summed E-state index contributed by atoms with van der Waals surface area (Å²) in [5, 5.41) is 7.69. The first-order valence-corrected chi connectivity index (χ1v) is 7.59. The van der Waals surface area contributed by atoms with Crippen LogP contribution in [0, 0.1) is 16.4 Å². The van der Waals surface area contributed by atoms with Gasteiger partial charge in [0, 0.05) is 11.8 Å². The highest BCUT2D eigenvalue weighted by atomic mass is 127. The largest absolute Gasteiger partial charge is 0.465 e. The maximum Gasteiger partial charge on any atom is 0.118 e. The van der Waals surface area contributed by atoms with Crippen LogP contribution in [-0.4, -0.2) is 16.3 Å². The topological polar surface area (TPSA) is 43.0 Å². The molecule has 0 saturated carbocycles. The Labute approximate surface area is 127 Å². The van der Waals surface area contributed by atoms with E-state index in [0.717, 1.165) is 34.7 Å². The monoisotopic (exact) mass is 373 g/mol. The Morgan fingerprint density at radius 2 is 2.26 bits per heavy atom. The molecule has 5 heteroatoms. The second-order valence-electron chi connectivity index (χ2n) is 5.18. The zero-order valence-corrected chi connectivity index (χ0v) is 13.8. The van der Waals surface area contributed by atoms with Crippen LogP contribution in [0.2, 0.25) is 0 Å². The highest BCUT2D eigenvalue weighted by molar-refractivity contribution is 14.1. The van der Waals surface area contributed by atoms with Gasteiger partial charge in [0.1, 0.15) is 11.5 Å². The molecule has 0 amide bonds. The van der Waals surface area contributed by atoms with Crippen LogP contribution in [-0.2, 0) is 13.1 Å². The Hall–Kier alpha value is -0.820. The molecule has 0 aliphatic heterocycles. The van der Waals surface area contributed by atoms with E-state index in [1.165, 1.54) is 5.56 Å². The van der Waals surface area contributed by atoms with Gasteiger partial charge in [-0.25, -0.2) is 0 Å². The van der Waals surface area contributed by atoms with Gasteiger partial charge < -0.3 is 9.73 Å². The molecule has 0 saturated heterocycles. The number of nitrogens with zero attached hydrogens (tertiary/aromatic N) is 2. The lowest BCUT2D eigenvalue weighted by Gasteiger charge is -2.04. The minimum atomic E-state index is 0.654. The average molecular weight is 373 g/mol. The SMILES string of the molecule is Cc1oc(CNCC(C)C)cc1Cn1cc(I)cn1. The molecular formula is C14H20IN3O. The third-order valence-corrected chi connectivity index (χ3v) is 3.41. The van der Waals surface area contributed by atoms with Gasteiger partial charge in [-0.05, 0) is 48.0 Å². The van der Waals surface area contributed by atoms with Gasteiger partial charge in [0.2, 0.25) is 0 Å². The zero-order chi connectivity index (χ0) is 13.8. The van der Waals surface area contributed by atoms with Gasteiger partial charge >= 0.3 is 0 Å². The summed E-state index contributed by atoms with van der Waals surface area (Å²) in [5.74, 6) is 2.63. The van der Waals surface area contributed by atoms with Crippen LogP contribution >= 0.6 is 22.6 Å². The summed E-state index contributed by atoms with van der Waals surface area (Å²) in [5.41, 5.74) is 1.20. The van der Waals surface area contributed by atoms with E-state index in [-0.39, 0.29) is 0 Å². The van der Waals surface area contributed by atoms with E-state index < -0.39 is 0 Å². The first-order valence-electron chi connectivity index (χ1n) is 6.51. The Morgan fingerprint density at radius 3 is 2.89 bits per heavy atom. The normalized spacial score (nSPS) is 11.4. The van der Waals surface area contributed by atoms with Gasteiger partial charge in [0.25, 0.3) is 0 Å². The van der Waals surface area contributed by atoms with E-state index >= 15 is 0 Å². The molecule has 0 bridgehead atoms. The molecule has 0 unspecified atom stereocenters. The molecule has 4 nitrogen and oxygen atoms in total. The van der Waals surface area contributed by atoms with E-state index in [1.54, 1.807) is 0 Å². The van der Waals surface area contributed by atoms with Crippen molar-refractivity contribution in [3.8, 4) is 0 Å². The summed E-state index contributed by atoms with van der Waals surface area (Å²) in [6.07, 6.45) is 3.89. The molecule has 0 fully saturated rings. The number of aromatic nitrogens is 2. The first-order chi connectivity index (χ1) is 9.04. The molecule has 0 spiro atoms. The van der Waals surface area contributed by atoms with E-state index in [4.69, 9.17) is 4.42 Å². The molecule has 0 radical (unpaired) electrons. The quantitative estimate of drug-likeness (QED) is 0.791. The lowest BCUT2D eigenvalue weighted by molar-refractivity contribution is 0.446. The lowest BCUT2D eigenvalue weighted by Crippen LogP contribution is -2.18. The van der Waals surface area contributed by atoms with E-state index in [0.29, 0.717) is 5.92 Å². The maximum absolute atomic E-state index is 5.77. The molecule has 2 heterocycles. The van der Waals surface area contributed by atoms with Crippen molar-refractivity contribution in [2.75, 3.05) is 6.54 Å². The van der Waals surface area contributed by atoms with Gasteiger partial charge in [-0.1, -0.05) is 13.8 Å². The van der Waals surface area contributed by atoms with Gasteiger partial charge in [0.05, 0.1) is 22.9 Å². The summed E-state index contributed by atoms with van der Waals surface area (Å²) in [7, 11) is 0. The highest BCUT2D eigenvalue weighted by Gasteiger charge is 2.08. The molecule has 0 aromatic carbocycles. The molecule has 2 aromatic rings. The van der Waals surface area contributed by atoms with Crippen molar-refractivity contribution in [1.29, 1.82) is 0 Å². The summed E-state index contributed by atoms with van der Waals surface area (Å²) in [4.78, 5) is 0. The second kappa shape index (κ2) is 6.56. The lowest BCUT2D eigenvalue weighted by atomic mass is 10.2. The van der Waals surface area contributed by atoms with Gasteiger partial charge in [0.15, 0.2) is 0 Å². The number of hydrogen-bond donors (Lipinski definition) is 1. The van der Waals surface area contributed by atoms with Crippen LogP contribution in [0.4, 0.5) is 0 Å². The first kappa shape index (κ1) is 14.6. The number of halogens is 1. The van der Waals surface area contributed by atoms with E-state index in [2.05, 4.69) is 52.9 Å². The maximum atomic E-state index is 5.77. The zero-order valence-electron chi connectivity index (χ0n) is 11.6. The predicted octanol–water partition coefficient (Wildman–Crippen LogP) is 3.18. The number of hydrogen-bond acceptors (Lipinski definition) is 3. The van der Waals surface area contributed by atoms with Crippen LogP contribution < -0.4 is 5.32 Å². The Bertz CT molecular complexity index is 531. The molecule has 0 aliphatic rings. The van der Waals surface area contributed by atoms with Crippen LogP contribution in [0.25, 0.3) is 0 Å². The van der Waals surface area contributed by atoms with Crippen molar-refractivity contribution in [3.05, 3.63) is 39.1 Å². The number of nitrogens with one attached hydrogen (secondary N) is 1. The molecule has 2 rings (SSSR count). The third-order valence-electron chi connectivity index (χ3n) is 2.86. The minimum absolute atomic E-state index is 0.654. The number of furan rings is 1. The standard InChI is InChI=1S/C14H20IN3O/c1-10(2)5-16-7-14-4-12(11(3)19-14)8-18-9-13(15)6-17-18/h4,6,9-10,16H,5,7-8H2,1-3H3. The van der Waals surface area contributed by atoms with Crippen LogP contribution in [0.5, 0.6) is 0 Å². The molecular weight excluding hydrogens is 353 g/mol. The van der Waals surface area contributed by atoms with Crippen molar-refractivity contribution in [2.45, 2.75) is 33.9 Å². The molecule has 0 aliphatic carbocycles. The fourth-order valence-electron chi connectivity index (χ4n) is 1.92. The van der Waals surface area contributed by atoms with E-state index in [1.807, 2.05) is 24.0 Å². The Morgan fingerprint density at radius 1 is 1.47 bits per heavy atom. The average Bonchev–Trinajstić information content (AvgIpc) is 2.87. The number of rotatable bonds is 6. The predicted molar refractivity (Wildman–Crippen MR) is 84.0 cm³/mol. The molecule has 104 valence electrons. The smallest absolute Gasteiger partial charge is 0.118 e. The van der Waals surface area contributed by atoms with Crippen molar-refractivity contribution in [2.24, 2.45) is 5.92 Å². The second-order valence-corrected chi connectivity index (χ2v) is 6.42. The van der Waals surface area contributed by atoms with E-state index in [9.17, 15) is 0 Å². The van der Waals surface area contributed by atoms with Gasteiger partial charge in [-0.3, -0.25) is 4.68 Å². The number of aryl methyl sites for hydroxylation is 1. The fraction of sp³-hybridized carbons (Fsp3) is 0.500. The van der Waals surface area contributed by atoms with Gasteiger partial charge in [-0.2, -0.15) is 5.10 Å². The Balaban J connectivity index is 1.96. The summed E-state index contributed by atoms with van der Waals surface area (Å²) in [6.45, 7) is 8.97. The van der Waals surface area contributed by atoms with Crippen molar-refractivity contribution < 1.29 is 4.42 Å².